The third-order valence-corrected chi connectivity index (χ3v) is 7.55. The molecule has 1 aliphatic heterocycles. The maximum absolute atomic E-state index is 15.5. The van der Waals surface area contributed by atoms with Crippen LogP contribution < -0.4 is 4.90 Å². The number of benzene rings is 2. The number of hydrogen-bond acceptors (Lipinski definition) is 4. The Hall–Kier alpha value is -2.11. The van der Waals surface area contributed by atoms with Gasteiger partial charge < -0.3 is 19.5 Å². The minimum absolute atomic E-state index is 0.143. The largest absolute Gasteiger partial charge is 0.508 e. The van der Waals surface area contributed by atoms with Gasteiger partial charge in [0.05, 0.1) is 5.69 Å². The van der Waals surface area contributed by atoms with Crippen LogP contribution in [0.4, 0.5) is 10.1 Å². The lowest BCUT2D eigenvalue weighted by Gasteiger charge is -2.37. The molecular formula is C28H38FNO3. The topological polar surface area (TPSA) is 41.9 Å². The number of rotatable bonds is 7. The number of halogens is 1. The summed E-state index contributed by atoms with van der Waals surface area (Å²) >= 11 is 0. The minimum atomic E-state index is -0.192. The van der Waals surface area contributed by atoms with E-state index in [-0.39, 0.29) is 18.0 Å². The number of phenols is 1. The lowest BCUT2D eigenvalue weighted by atomic mass is 9.69. The first kappa shape index (κ1) is 24.0. The monoisotopic (exact) mass is 455 g/mol. The average molecular weight is 456 g/mol. The molecule has 0 radical (unpaired) electrons. The van der Waals surface area contributed by atoms with Gasteiger partial charge in [-0.1, -0.05) is 26.0 Å². The van der Waals surface area contributed by atoms with Gasteiger partial charge in [-0.15, -0.1) is 0 Å². The lowest BCUT2D eigenvalue weighted by Crippen LogP contribution is -2.39. The average Bonchev–Trinajstić information content (AvgIpc) is 2.80. The van der Waals surface area contributed by atoms with Crippen LogP contribution in [0.1, 0.15) is 62.1 Å². The van der Waals surface area contributed by atoms with Crippen molar-refractivity contribution in [3.8, 4) is 5.75 Å². The normalized spacial score (nSPS) is 21.6. The van der Waals surface area contributed by atoms with Crippen molar-refractivity contribution in [1.82, 2.24) is 0 Å². The Bertz CT molecular complexity index is 935. The van der Waals surface area contributed by atoms with Crippen LogP contribution in [0.2, 0.25) is 0 Å². The highest BCUT2D eigenvalue weighted by Crippen LogP contribution is 2.45. The highest BCUT2D eigenvalue weighted by molar-refractivity contribution is 5.52. The van der Waals surface area contributed by atoms with Gasteiger partial charge in [0.1, 0.15) is 11.6 Å². The van der Waals surface area contributed by atoms with Crippen molar-refractivity contribution in [3.05, 3.63) is 58.9 Å². The molecule has 0 unspecified atom stereocenters. The molecule has 0 amide bonds. The maximum Gasteiger partial charge on any atom is 0.159 e. The molecule has 0 spiro atoms. The summed E-state index contributed by atoms with van der Waals surface area (Å²) in [6, 6.07) is 11.5. The number of nitrogens with zero attached hydrogens (tertiary/aromatic N) is 1. The predicted molar refractivity (Wildman–Crippen MR) is 130 cm³/mol. The Morgan fingerprint density at radius 3 is 2.39 bits per heavy atom. The Balaban J connectivity index is 1.58. The molecule has 1 aliphatic carbocycles. The second-order valence-corrected chi connectivity index (χ2v) is 10.2. The molecule has 2 atom stereocenters. The van der Waals surface area contributed by atoms with Crippen LogP contribution in [0.25, 0.3) is 0 Å². The summed E-state index contributed by atoms with van der Waals surface area (Å²) in [5.74, 6) is 1.73. The fraction of sp³-hybridized carbons (Fsp3) is 0.571. The fourth-order valence-corrected chi connectivity index (χ4v) is 6.05. The van der Waals surface area contributed by atoms with Crippen molar-refractivity contribution in [1.29, 1.82) is 0 Å². The molecule has 33 heavy (non-hydrogen) atoms. The Kier molecular flexibility index (Phi) is 7.60. The zero-order chi connectivity index (χ0) is 23.5. The number of fused-ring (bicyclic) bond motifs is 1. The number of anilines is 1. The van der Waals surface area contributed by atoms with E-state index in [1.165, 1.54) is 11.1 Å². The van der Waals surface area contributed by atoms with Crippen LogP contribution >= 0.6 is 0 Å². The maximum atomic E-state index is 15.5. The van der Waals surface area contributed by atoms with E-state index < -0.39 is 0 Å². The molecule has 2 aliphatic rings. The van der Waals surface area contributed by atoms with E-state index in [1.54, 1.807) is 26.4 Å². The molecule has 1 fully saturated rings. The third-order valence-electron chi connectivity index (χ3n) is 7.55. The number of phenolic OH excluding ortho intramolecular Hbond substituents is 1. The number of hydrogen-bond donors (Lipinski definition) is 1. The molecule has 1 heterocycles. The zero-order valence-corrected chi connectivity index (χ0v) is 20.4. The second kappa shape index (κ2) is 10.4. The van der Waals surface area contributed by atoms with Crippen molar-refractivity contribution in [3.63, 3.8) is 0 Å². The summed E-state index contributed by atoms with van der Waals surface area (Å²) in [5, 5.41) is 9.98. The van der Waals surface area contributed by atoms with Gasteiger partial charge in [-0.2, -0.15) is 0 Å². The SMILES string of the molecule is COC(OC)C1CCN(c2ccc([C@@H]3c4ccc(O)cc4CC[C@@H]3CC(C)C)cc2F)CC1. The van der Waals surface area contributed by atoms with E-state index in [2.05, 4.69) is 24.8 Å². The number of methoxy groups -OCH3 is 2. The highest BCUT2D eigenvalue weighted by atomic mass is 19.1. The minimum Gasteiger partial charge on any atom is -0.508 e. The first-order valence-corrected chi connectivity index (χ1v) is 12.3. The molecule has 0 saturated carbocycles. The van der Waals surface area contributed by atoms with Gasteiger partial charge in [0.25, 0.3) is 0 Å². The predicted octanol–water partition coefficient (Wildman–Crippen LogP) is 6.11. The fourth-order valence-electron chi connectivity index (χ4n) is 6.05. The highest BCUT2D eigenvalue weighted by Gasteiger charge is 2.33. The quantitative estimate of drug-likeness (QED) is 0.512. The molecule has 4 rings (SSSR count). The van der Waals surface area contributed by atoms with Crippen molar-refractivity contribution >= 4 is 5.69 Å². The number of aryl methyl sites for hydroxylation is 1. The van der Waals surface area contributed by atoms with Crippen molar-refractivity contribution in [2.24, 2.45) is 17.8 Å². The molecule has 2 aromatic carbocycles. The zero-order valence-electron chi connectivity index (χ0n) is 20.4. The summed E-state index contributed by atoms with van der Waals surface area (Å²) in [5.41, 5.74) is 4.16. The molecule has 5 heteroatoms. The standard InChI is InChI=1S/C28H38FNO3/c1-18(2)15-21-6-5-20-16-23(31)8-9-24(20)27(21)22-7-10-26(25(29)17-22)30-13-11-19(12-14-30)28(32-3)33-4/h7-10,16-19,21,27-28,31H,5-6,11-15H2,1-4H3/t21-,27-/m1/s1. The van der Waals surface area contributed by atoms with Gasteiger partial charge >= 0.3 is 0 Å². The summed E-state index contributed by atoms with van der Waals surface area (Å²) in [7, 11) is 3.35. The summed E-state index contributed by atoms with van der Waals surface area (Å²) in [6.07, 6.45) is 4.80. The van der Waals surface area contributed by atoms with E-state index in [9.17, 15) is 5.11 Å². The molecule has 0 aromatic heterocycles. The molecule has 1 saturated heterocycles. The molecule has 4 nitrogen and oxygen atoms in total. The van der Waals surface area contributed by atoms with E-state index >= 15 is 4.39 Å². The van der Waals surface area contributed by atoms with E-state index in [1.807, 2.05) is 18.2 Å². The first-order chi connectivity index (χ1) is 15.9. The van der Waals surface area contributed by atoms with Gasteiger partial charge in [0, 0.05) is 39.1 Å². The van der Waals surface area contributed by atoms with E-state index in [0.29, 0.717) is 29.2 Å². The smallest absolute Gasteiger partial charge is 0.159 e. The lowest BCUT2D eigenvalue weighted by molar-refractivity contribution is -0.141. The van der Waals surface area contributed by atoms with E-state index in [0.717, 1.165) is 50.8 Å². The molecule has 0 bridgehead atoms. The van der Waals surface area contributed by atoms with E-state index in [4.69, 9.17) is 9.47 Å². The Morgan fingerprint density at radius 1 is 1.03 bits per heavy atom. The number of ether oxygens (including phenoxy) is 2. The van der Waals surface area contributed by atoms with Gasteiger partial charge in [0.2, 0.25) is 0 Å². The van der Waals surface area contributed by atoms with Crippen LogP contribution in [-0.4, -0.2) is 38.7 Å². The molecule has 1 N–H and O–H groups in total. The van der Waals surface area contributed by atoms with Gasteiger partial charge in [0.15, 0.2) is 6.29 Å². The second-order valence-electron chi connectivity index (χ2n) is 10.2. The first-order valence-electron chi connectivity index (χ1n) is 12.3. The summed E-state index contributed by atoms with van der Waals surface area (Å²) < 4.78 is 26.3. The molecule has 2 aromatic rings. The van der Waals surface area contributed by atoms with Crippen molar-refractivity contribution < 1.29 is 19.0 Å². The Labute approximate surface area is 197 Å². The van der Waals surface area contributed by atoms with Crippen LogP contribution in [0, 0.1) is 23.6 Å². The number of piperidine rings is 1. The molecule has 180 valence electrons. The van der Waals surface area contributed by atoms with Crippen molar-refractivity contribution in [2.75, 3.05) is 32.2 Å². The number of aromatic hydroxyl groups is 1. The summed E-state index contributed by atoms with van der Waals surface area (Å²) in [6.45, 7) is 6.11. The van der Waals surface area contributed by atoms with Crippen LogP contribution in [-0.2, 0) is 15.9 Å². The van der Waals surface area contributed by atoms with Crippen LogP contribution in [0.15, 0.2) is 36.4 Å². The van der Waals surface area contributed by atoms with Crippen LogP contribution in [0.3, 0.4) is 0 Å². The van der Waals surface area contributed by atoms with Crippen molar-refractivity contribution in [2.45, 2.75) is 58.2 Å². The molecular weight excluding hydrogens is 417 g/mol. The summed E-state index contributed by atoms with van der Waals surface area (Å²) in [4.78, 5) is 2.15. The third kappa shape index (κ3) is 5.20. The van der Waals surface area contributed by atoms with Crippen LogP contribution in [0.5, 0.6) is 5.75 Å². The van der Waals surface area contributed by atoms with Gasteiger partial charge in [-0.3, -0.25) is 0 Å². The van der Waals surface area contributed by atoms with Gasteiger partial charge in [-0.25, -0.2) is 4.39 Å². The Morgan fingerprint density at radius 2 is 1.76 bits per heavy atom. The van der Waals surface area contributed by atoms with Gasteiger partial charge in [-0.05, 0) is 84.9 Å².